The molecule has 1 aliphatic heterocycles. The molecular weight excluding hydrogens is 270 g/mol. The van der Waals surface area contributed by atoms with Gasteiger partial charge in [-0.05, 0) is 24.3 Å². The number of hydrogen-bond donors (Lipinski definition) is 1. The van der Waals surface area contributed by atoms with Gasteiger partial charge in [0.25, 0.3) is 5.91 Å². The fourth-order valence-electron chi connectivity index (χ4n) is 2.21. The van der Waals surface area contributed by atoms with E-state index in [1.807, 2.05) is 24.4 Å². The van der Waals surface area contributed by atoms with E-state index in [0.717, 1.165) is 5.65 Å². The van der Waals surface area contributed by atoms with Gasteiger partial charge in [0.1, 0.15) is 11.3 Å². The summed E-state index contributed by atoms with van der Waals surface area (Å²) in [5.41, 5.74) is 1.73. The van der Waals surface area contributed by atoms with Gasteiger partial charge >= 0.3 is 0 Å². The number of hydrogen-bond acceptors (Lipinski definition) is 4. The molecule has 0 fully saturated rings. The molecule has 2 aromatic heterocycles. The third-order valence-corrected chi connectivity index (χ3v) is 3.23. The maximum atomic E-state index is 12.2. The fraction of sp³-hybridized carbons (Fsp3) is 0.0667. The van der Waals surface area contributed by atoms with E-state index < -0.39 is 0 Å². The van der Waals surface area contributed by atoms with E-state index in [-0.39, 0.29) is 12.7 Å². The molecule has 0 saturated carbocycles. The van der Waals surface area contributed by atoms with Crippen LogP contribution in [0.5, 0.6) is 11.5 Å². The molecule has 6 heteroatoms. The SMILES string of the molecule is O=C(Nc1ccc2c(c1)OCO2)c1cn2ccccc2n1. The second-order valence-electron chi connectivity index (χ2n) is 4.61. The van der Waals surface area contributed by atoms with Crippen LogP contribution in [0.3, 0.4) is 0 Å². The molecule has 1 aromatic carbocycles. The maximum Gasteiger partial charge on any atom is 0.275 e. The quantitative estimate of drug-likeness (QED) is 0.783. The number of carbonyl (C=O) groups is 1. The molecule has 1 aliphatic rings. The average molecular weight is 281 g/mol. The standard InChI is InChI=1S/C15H11N3O3/c19-15(11-8-18-6-2-1-3-14(18)17-11)16-10-4-5-12-13(7-10)21-9-20-12/h1-8H,9H2,(H,16,19). The van der Waals surface area contributed by atoms with Gasteiger partial charge < -0.3 is 19.2 Å². The van der Waals surface area contributed by atoms with Crippen molar-refractivity contribution >= 4 is 17.2 Å². The van der Waals surface area contributed by atoms with Crippen molar-refractivity contribution in [3.8, 4) is 11.5 Å². The van der Waals surface area contributed by atoms with Crippen molar-refractivity contribution in [2.75, 3.05) is 12.1 Å². The van der Waals surface area contributed by atoms with Gasteiger partial charge in [0.15, 0.2) is 11.5 Å². The van der Waals surface area contributed by atoms with Gasteiger partial charge in [-0.3, -0.25) is 4.79 Å². The number of nitrogens with zero attached hydrogens (tertiary/aromatic N) is 2. The first-order valence-electron chi connectivity index (χ1n) is 6.44. The van der Waals surface area contributed by atoms with Gasteiger partial charge in [0.05, 0.1) is 0 Å². The predicted molar refractivity (Wildman–Crippen MR) is 75.7 cm³/mol. The third kappa shape index (κ3) is 2.06. The number of ether oxygens (including phenoxy) is 2. The second-order valence-corrected chi connectivity index (χ2v) is 4.61. The van der Waals surface area contributed by atoms with E-state index in [1.54, 1.807) is 28.8 Å². The average Bonchev–Trinajstić information content (AvgIpc) is 3.13. The summed E-state index contributed by atoms with van der Waals surface area (Å²) in [5.74, 6) is 1.04. The highest BCUT2D eigenvalue weighted by atomic mass is 16.7. The van der Waals surface area contributed by atoms with Crippen LogP contribution in [0, 0.1) is 0 Å². The molecule has 0 bridgehead atoms. The summed E-state index contributed by atoms with van der Waals surface area (Å²) in [7, 11) is 0. The number of benzene rings is 1. The molecule has 1 N–H and O–H groups in total. The van der Waals surface area contributed by atoms with Gasteiger partial charge in [-0.1, -0.05) is 6.07 Å². The van der Waals surface area contributed by atoms with Crippen LogP contribution >= 0.6 is 0 Å². The highest BCUT2D eigenvalue weighted by molar-refractivity contribution is 6.03. The van der Waals surface area contributed by atoms with Crippen LogP contribution in [0.25, 0.3) is 5.65 Å². The summed E-state index contributed by atoms with van der Waals surface area (Å²) < 4.78 is 12.3. The molecule has 0 spiro atoms. The summed E-state index contributed by atoms with van der Waals surface area (Å²) in [6.45, 7) is 0.208. The Bertz CT molecular complexity index is 808. The molecule has 0 atom stereocenters. The lowest BCUT2D eigenvalue weighted by Crippen LogP contribution is -2.12. The first kappa shape index (κ1) is 11.8. The van der Waals surface area contributed by atoms with Crippen LogP contribution in [0.1, 0.15) is 10.5 Å². The minimum atomic E-state index is -0.266. The topological polar surface area (TPSA) is 64.9 Å². The van der Waals surface area contributed by atoms with E-state index in [4.69, 9.17) is 9.47 Å². The summed E-state index contributed by atoms with van der Waals surface area (Å²) in [4.78, 5) is 16.5. The van der Waals surface area contributed by atoms with E-state index in [0.29, 0.717) is 22.9 Å². The van der Waals surface area contributed by atoms with E-state index in [2.05, 4.69) is 10.3 Å². The zero-order valence-corrected chi connectivity index (χ0v) is 10.9. The van der Waals surface area contributed by atoms with Gasteiger partial charge in [0.2, 0.25) is 6.79 Å². The summed E-state index contributed by atoms with van der Waals surface area (Å²) in [5, 5.41) is 2.80. The Morgan fingerprint density at radius 2 is 2.10 bits per heavy atom. The Balaban J connectivity index is 1.60. The molecule has 1 amide bonds. The van der Waals surface area contributed by atoms with Gasteiger partial charge in [0, 0.05) is 24.1 Å². The second kappa shape index (κ2) is 4.52. The number of nitrogens with one attached hydrogen (secondary N) is 1. The number of carbonyl (C=O) groups excluding carboxylic acids is 1. The van der Waals surface area contributed by atoms with E-state index in [1.165, 1.54) is 0 Å². The van der Waals surface area contributed by atoms with Crippen LogP contribution in [0.15, 0.2) is 48.8 Å². The fourth-order valence-corrected chi connectivity index (χ4v) is 2.21. The molecular formula is C15H11N3O3. The van der Waals surface area contributed by atoms with Crippen molar-refractivity contribution in [2.45, 2.75) is 0 Å². The van der Waals surface area contributed by atoms with Crippen LogP contribution in [0.2, 0.25) is 0 Å². The van der Waals surface area contributed by atoms with Crippen LogP contribution in [0.4, 0.5) is 5.69 Å². The zero-order chi connectivity index (χ0) is 14.2. The predicted octanol–water partition coefficient (Wildman–Crippen LogP) is 2.32. The lowest BCUT2D eigenvalue weighted by molar-refractivity contribution is 0.102. The van der Waals surface area contributed by atoms with Crippen molar-refractivity contribution in [1.82, 2.24) is 9.38 Å². The number of fused-ring (bicyclic) bond motifs is 2. The van der Waals surface area contributed by atoms with E-state index >= 15 is 0 Å². The summed E-state index contributed by atoms with van der Waals surface area (Å²) in [6.07, 6.45) is 3.54. The summed E-state index contributed by atoms with van der Waals surface area (Å²) in [6, 6.07) is 10.9. The van der Waals surface area contributed by atoms with Crippen molar-refractivity contribution in [2.24, 2.45) is 0 Å². The van der Waals surface area contributed by atoms with Crippen LogP contribution in [-0.2, 0) is 0 Å². The number of rotatable bonds is 2. The van der Waals surface area contributed by atoms with Crippen LogP contribution < -0.4 is 14.8 Å². The van der Waals surface area contributed by atoms with Gasteiger partial charge in [-0.15, -0.1) is 0 Å². The highest BCUT2D eigenvalue weighted by Crippen LogP contribution is 2.34. The third-order valence-electron chi connectivity index (χ3n) is 3.23. The Kier molecular flexibility index (Phi) is 2.53. The number of aromatic nitrogens is 2. The molecule has 6 nitrogen and oxygen atoms in total. The molecule has 0 saturated heterocycles. The molecule has 0 radical (unpaired) electrons. The minimum absolute atomic E-state index is 0.208. The molecule has 104 valence electrons. The molecule has 21 heavy (non-hydrogen) atoms. The number of anilines is 1. The molecule has 4 rings (SSSR count). The largest absolute Gasteiger partial charge is 0.454 e. The number of pyridine rings is 1. The van der Waals surface area contributed by atoms with Crippen molar-refractivity contribution < 1.29 is 14.3 Å². The normalized spacial score (nSPS) is 12.6. The molecule has 3 heterocycles. The lowest BCUT2D eigenvalue weighted by atomic mass is 10.2. The number of imidazole rings is 1. The first-order chi connectivity index (χ1) is 10.3. The first-order valence-corrected chi connectivity index (χ1v) is 6.44. The summed E-state index contributed by atoms with van der Waals surface area (Å²) >= 11 is 0. The Morgan fingerprint density at radius 3 is 3.00 bits per heavy atom. The van der Waals surface area contributed by atoms with Crippen molar-refractivity contribution in [3.63, 3.8) is 0 Å². The van der Waals surface area contributed by atoms with Gasteiger partial charge in [-0.25, -0.2) is 4.98 Å². The van der Waals surface area contributed by atoms with Crippen LogP contribution in [-0.4, -0.2) is 22.1 Å². The van der Waals surface area contributed by atoms with Gasteiger partial charge in [-0.2, -0.15) is 0 Å². The van der Waals surface area contributed by atoms with Crippen molar-refractivity contribution in [1.29, 1.82) is 0 Å². The molecule has 0 unspecified atom stereocenters. The van der Waals surface area contributed by atoms with E-state index in [9.17, 15) is 4.79 Å². The Hall–Kier alpha value is -3.02. The molecule has 3 aromatic rings. The lowest BCUT2D eigenvalue weighted by Gasteiger charge is -2.04. The number of amides is 1. The Labute approximate surface area is 119 Å². The smallest absolute Gasteiger partial charge is 0.275 e. The molecule has 0 aliphatic carbocycles. The Morgan fingerprint density at radius 1 is 1.19 bits per heavy atom. The van der Waals surface area contributed by atoms with Crippen molar-refractivity contribution in [3.05, 3.63) is 54.5 Å². The monoisotopic (exact) mass is 281 g/mol. The maximum absolute atomic E-state index is 12.2. The highest BCUT2D eigenvalue weighted by Gasteiger charge is 2.15. The zero-order valence-electron chi connectivity index (χ0n) is 10.9. The minimum Gasteiger partial charge on any atom is -0.454 e.